The largest absolute Gasteiger partial charge is 0.494 e. The van der Waals surface area contributed by atoms with Gasteiger partial charge in [0.15, 0.2) is 0 Å². The Hall–Kier alpha value is -2.57. The molecule has 2 aromatic rings. The number of ether oxygens (including phenoxy) is 1. The summed E-state index contributed by atoms with van der Waals surface area (Å²) >= 11 is 0. The minimum absolute atomic E-state index is 0.0303. The van der Waals surface area contributed by atoms with Gasteiger partial charge in [-0.15, -0.1) is 0 Å². The van der Waals surface area contributed by atoms with Gasteiger partial charge in [-0.05, 0) is 25.8 Å². The molecule has 3 rings (SSSR count). The van der Waals surface area contributed by atoms with Crippen molar-refractivity contribution in [1.29, 1.82) is 0 Å². The Kier molecular flexibility index (Phi) is 5.30. The van der Waals surface area contributed by atoms with E-state index >= 15 is 0 Å². The van der Waals surface area contributed by atoms with Crippen LogP contribution in [0.4, 0.5) is 4.79 Å². The number of hydrogen-bond donors (Lipinski definition) is 2. The van der Waals surface area contributed by atoms with Crippen LogP contribution in [0.25, 0.3) is 0 Å². The Morgan fingerprint density at radius 3 is 2.88 bits per heavy atom. The molecule has 1 aromatic heterocycles. The van der Waals surface area contributed by atoms with Crippen molar-refractivity contribution >= 4 is 6.03 Å². The van der Waals surface area contributed by atoms with E-state index in [9.17, 15) is 4.79 Å². The number of amides is 2. The first-order valence-electron chi connectivity index (χ1n) is 8.36. The first-order valence-corrected chi connectivity index (χ1v) is 8.36. The molecule has 1 fully saturated rings. The standard InChI is InChI=1S/C17H23N5O2/c1-2-24-15-6-4-3-5-14(15)11-18-17(23)22-9-7-13(8-10-22)16-19-12-20-21-16/h3-6,12-13H,2,7-11H2,1H3,(H,18,23)(H,19,20,21). The van der Waals surface area contributed by atoms with Crippen molar-refractivity contribution in [2.75, 3.05) is 19.7 Å². The number of nitrogens with one attached hydrogen (secondary N) is 2. The van der Waals surface area contributed by atoms with Crippen LogP contribution in [-0.4, -0.2) is 45.8 Å². The van der Waals surface area contributed by atoms with Crippen molar-refractivity contribution in [3.63, 3.8) is 0 Å². The molecule has 128 valence electrons. The van der Waals surface area contributed by atoms with Crippen molar-refractivity contribution in [3.8, 4) is 5.75 Å². The van der Waals surface area contributed by atoms with Gasteiger partial charge in [0, 0.05) is 31.1 Å². The second-order valence-corrected chi connectivity index (χ2v) is 5.83. The number of hydrogen-bond acceptors (Lipinski definition) is 4. The maximum Gasteiger partial charge on any atom is 0.317 e. The van der Waals surface area contributed by atoms with E-state index in [1.165, 1.54) is 6.33 Å². The number of carbonyl (C=O) groups is 1. The smallest absolute Gasteiger partial charge is 0.317 e. The highest BCUT2D eigenvalue weighted by Crippen LogP contribution is 2.25. The number of urea groups is 1. The average Bonchev–Trinajstić information content (AvgIpc) is 3.16. The second-order valence-electron chi connectivity index (χ2n) is 5.83. The van der Waals surface area contributed by atoms with Gasteiger partial charge in [-0.25, -0.2) is 9.78 Å². The van der Waals surface area contributed by atoms with Crippen molar-refractivity contribution in [2.45, 2.75) is 32.2 Å². The van der Waals surface area contributed by atoms with Crippen LogP contribution in [-0.2, 0) is 6.54 Å². The minimum atomic E-state index is -0.0303. The van der Waals surface area contributed by atoms with E-state index in [-0.39, 0.29) is 6.03 Å². The average molecular weight is 329 g/mol. The molecule has 0 aliphatic carbocycles. The quantitative estimate of drug-likeness (QED) is 0.881. The molecule has 7 heteroatoms. The molecule has 1 aliphatic rings. The molecule has 1 saturated heterocycles. The molecule has 7 nitrogen and oxygen atoms in total. The topological polar surface area (TPSA) is 83.1 Å². The molecule has 0 saturated carbocycles. The summed E-state index contributed by atoms with van der Waals surface area (Å²) in [5.41, 5.74) is 0.990. The van der Waals surface area contributed by atoms with E-state index in [0.29, 0.717) is 19.1 Å². The van der Waals surface area contributed by atoms with Gasteiger partial charge in [0.2, 0.25) is 0 Å². The van der Waals surface area contributed by atoms with E-state index in [1.807, 2.05) is 36.1 Å². The molecular formula is C17H23N5O2. The van der Waals surface area contributed by atoms with Gasteiger partial charge < -0.3 is 15.0 Å². The summed E-state index contributed by atoms with van der Waals surface area (Å²) in [6.45, 7) is 4.49. The summed E-state index contributed by atoms with van der Waals surface area (Å²) in [5.74, 6) is 2.10. The molecule has 1 aliphatic heterocycles. The third-order valence-corrected chi connectivity index (χ3v) is 4.31. The highest BCUT2D eigenvalue weighted by Gasteiger charge is 2.25. The summed E-state index contributed by atoms with van der Waals surface area (Å²) in [6.07, 6.45) is 3.33. The van der Waals surface area contributed by atoms with Crippen LogP contribution in [0.2, 0.25) is 0 Å². The number of likely N-dealkylation sites (tertiary alicyclic amines) is 1. The molecule has 24 heavy (non-hydrogen) atoms. The summed E-state index contributed by atoms with van der Waals surface area (Å²) < 4.78 is 5.59. The zero-order valence-corrected chi connectivity index (χ0v) is 13.9. The molecule has 2 heterocycles. The molecule has 1 aromatic carbocycles. The predicted octanol–water partition coefficient (Wildman–Crippen LogP) is 2.29. The van der Waals surface area contributed by atoms with E-state index in [1.54, 1.807) is 0 Å². The van der Waals surface area contributed by atoms with Crippen molar-refractivity contribution in [1.82, 2.24) is 25.4 Å². The molecule has 2 amide bonds. The maximum atomic E-state index is 12.4. The minimum Gasteiger partial charge on any atom is -0.494 e. The Labute approximate surface area is 141 Å². The van der Waals surface area contributed by atoms with E-state index in [0.717, 1.165) is 43.1 Å². The number of piperidine rings is 1. The Bertz CT molecular complexity index is 651. The molecule has 0 spiro atoms. The summed E-state index contributed by atoms with van der Waals surface area (Å²) in [4.78, 5) is 18.4. The highest BCUT2D eigenvalue weighted by atomic mass is 16.5. The number of aromatic amines is 1. The van der Waals surface area contributed by atoms with Crippen LogP contribution >= 0.6 is 0 Å². The van der Waals surface area contributed by atoms with Gasteiger partial charge in [-0.2, -0.15) is 5.10 Å². The molecule has 0 unspecified atom stereocenters. The fraction of sp³-hybridized carbons (Fsp3) is 0.471. The number of nitrogens with zero attached hydrogens (tertiary/aromatic N) is 3. The molecule has 0 bridgehead atoms. The number of H-pyrrole nitrogens is 1. The van der Waals surface area contributed by atoms with E-state index in [4.69, 9.17) is 4.74 Å². The fourth-order valence-corrected chi connectivity index (χ4v) is 3.00. The predicted molar refractivity (Wildman–Crippen MR) is 89.8 cm³/mol. The summed E-state index contributed by atoms with van der Waals surface area (Å²) in [5, 5.41) is 9.81. The Balaban J connectivity index is 1.50. The third-order valence-electron chi connectivity index (χ3n) is 4.31. The molecular weight excluding hydrogens is 306 g/mol. The lowest BCUT2D eigenvalue weighted by Gasteiger charge is -2.31. The summed E-state index contributed by atoms with van der Waals surface area (Å²) in [7, 11) is 0. The van der Waals surface area contributed by atoms with Gasteiger partial charge in [0.25, 0.3) is 0 Å². The van der Waals surface area contributed by atoms with Crippen molar-refractivity contribution in [3.05, 3.63) is 42.0 Å². The lowest BCUT2D eigenvalue weighted by atomic mass is 9.96. The van der Waals surface area contributed by atoms with Crippen LogP contribution < -0.4 is 10.1 Å². The zero-order chi connectivity index (χ0) is 16.8. The maximum absolute atomic E-state index is 12.4. The zero-order valence-electron chi connectivity index (χ0n) is 13.9. The first-order chi connectivity index (χ1) is 11.8. The van der Waals surface area contributed by atoms with E-state index in [2.05, 4.69) is 20.5 Å². The number of aromatic nitrogens is 3. The van der Waals surface area contributed by atoms with Gasteiger partial charge in [-0.1, -0.05) is 18.2 Å². The van der Waals surface area contributed by atoms with Crippen LogP contribution in [0.3, 0.4) is 0 Å². The number of benzene rings is 1. The normalized spacial score (nSPS) is 15.3. The second kappa shape index (κ2) is 7.81. The lowest BCUT2D eigenvalue weighted by Crippen LogP contribution is -2.44. The van der Waals surface area contributed by atoms with Gasteiger partial charge >= 0.3 is 6.03 Å². The highest BCUT2D eigenvalue weighted by molar-refractivity contribution is 5.74. The Morgan fingerprint density at radius 1 is 1.38 bits per heavy atom. The molecule has 0 atom stereocenters. The number of para-hydroxylation sites is 1. The van der Waals surface area contributed by atoms with Gasteiger partial charge in [-0.3, -0.25) is 5.10 Å². The third kappa shape index (κ3) is 3.84. The Morgan fingerprint density at radius 2 is 2.17 bits per heavy atom. The van der Waals surface area contributed by atoms with Crippen LogP contribution in [0, 0.1) is 0 Å². The molecule has 2 N–H and O–H groups in total. The van der Waals surface area contributed by atoms with Gasteiger partial charge in [0.1, 0.15) is 17.9 Å². The van der Waals surface area contributed by atoms with Gasteiger partial charge in [0.05, 0.1) is 6.61 Å². The van der Waals surface area contributed by atoms with Crippen molar-refractivity contribution in [2.24, 2.45) is 0 Å². The number of rotatable bonds is 5. The fourth-order valence-electron chi connectivity index (χ4n) is 3.00. The van der Waals surface area contributed by atoms with Crippen LogP contribution in [0.5, 0.6) is 5.75 Å². The van der Waals surface area contributed by atoms with Crippen molar-refractivity contribution < 1.29 is 9.53 Å². The molecule has 0 radical (unpaired) electrons. The summed E-state index contributed by atoms with van der Waals surface area (Å²) in [6, 6.07) is 7.75. The number of carbonyl (C=O) groups excluding carboxylic acids is 1. The monoisotopic (exact) mass is 329 g/mol. The SMILES string of the molecule is CCOc1ccccc1CNC(=O)N1CCC(c2ncn[nH]2)CC1. The van der Waals surface area contributed by atoms with E-state index < -0.39 is 0 Å². The van der Waals surface area contributed by atoms with Crippen LogP contribution in [0.15, 0.2) is 30.6 Å². The lowest BCUT2D eigenvalue weighted by molar-refractivity contribution is 0.180. The first kappa shape index (κ1) is 16.3. The van der Waals surface area contributed by atoms with Crippen LogP contribution in [0.1, 0.15) is 37.1 Å².